The van der Waals surface area contributed by atoms with Crippen molar-refractivity contribution in [3.8, 4) is 0 Å². The van der Waals surface area contributed by atoms with Crippen LogP contribution in [0.15, 0.2) is 65.7 Å². The van der Waals surface area contributed by atoms with Gasteiger partial charge in [0.15, 0.2) is 0 Å². The molecule has 24 heavy (non-hydrogen) atoms. The lowest BCUT2D eigenvalue weighted by Gasteiger charge is -2.10. The molecule has 2 aromatic heterocycles. The van der Waals surface area contributed by atoms with Crippen LogP contribution >= 0.6 is 11.6 Å². The third kappa shape index (κ3) is 2.20. The van der Waals surface area contributed by atoms with Gasteiger partial charge in [0.1, 0.15) is 0 Å². The highest BCUT2D eigenvalue weighted by atomic mass is 35.5. The van der Waals surface area contributed by atoms with Crippen LogP contribution in [0.2, 0.25) is 5.02 Å². The lowest BCUT2D eigenvalue weighted by atomic mass is 10.1. The van der Waals surface area contributed by atoms with Gasteiger partial charge in [0.2, 0.25) is 0 Å². The van der Waals surface area contributed by atoms with Crippen LogP contribution in [0.3, 0.4) is 0 Å². The van der Waals surface area contributed by atoms with Crippen molar-refractivity contribution in [3.05, 3.63) is 71.5 Å². The molecule has 0 aliphatic heterocycles. The fourth-order valence-corrected chi connectivity index (χ4v) is 4.54. The van der Waals surface area contributed by atoms with Crippen molar-refractivity contribution in [2.45, 2.75) is 11.8 Å². The Bertz CT molecular complexity index is 1180. The Balaban J connectivity index is 2.07. The Morgan fingerprint density at radius 3 is 2.50 bits per heavy atom. The van der Waals surface area contributed by atoms with Gasteiger partial charge in [0.05, 0.1) is 21.6 Å². The van der Waals surface area contributed by atoms with E-state index in [1.807, 2.05) is 6.07 Å². The average Bonchev–Trinajstić information content (AvgIpc) is 3.02. The van der Waals surface area contributed by atoms with Crippen molar-refractivity contribution in [1.29, 1.82) is 0 Å². The molecule has 2 heterocycles. The van der Waals surface area contributed by atoms with Gasteiger partial charge in [0, 0.05) is 22.0 Å². The summed E-state index contributed by atoms with van der Waals surface area (Å²) in [6, 6.07) is 15.6. The molecule has 0 spiro atoms. The fourth-order valence-electron chi connectivity index (χ4n) is 2.95. The van der Waals surface area contributed by atoms with Gasteiger partial charge >= 0.3 is 0 Å². The summed E-state index contributed by atoms with van der Waals surface area (Å²) >= 11 is 6.04. The Morgan fingerprint density at radius 2 is 1.75 bits per heavy atom. The molecule has 2 aromatic carbocycles. The minimum Gasteiger partial charge on any atom is -0.251 e. The Hall–Kier alpha value is -2.37. The SMILES string of the molecule is Cc1nc2cc(Cl)ccc2c2ccn(S(=O)(=O)c3ccccc3)c12. The van der Waals surface area contributed by atoms with E-state index in [2.05, 4.69) is 4.98 Å². The first-order valence-corrected chi connectivity index (χ1v) is 9.18. The van der Waals surface area contributed by atoms with Crippen molar-refractivity contribution in [2.75, 3.05) is 0 Å². The van der Waals surface area contributed by atoms with Crippen molar-refractivity contribution >= 4 is 43.4 Å². The topological polar surface area (TPSA) is 52.0 Å². The van der Waals surface area contributed by atoms with E-state index in [1.165, 1.54) is 3.97 Å². The zero-order valence-corrected chi connectivity index (χ0v) is 14.3. The summed E-state index contributed by atoms with van der Waals surface area (Å²) < 4.78 is 27.2. The van der Waals surface area contributed by atoms with E-state index < -0.39 is 10.0 Å². The molecular weight excluding hydrogens is 344 g/mol. The third-order valence-electron chi connectivity index (χ3n) is 4.03. The second-order valence-electron chi connectivity index (χ2n) is 5.55. The van der Waals surface area contributed by atoms with Crippen LogP contribution in [0.25, 0.3) is 21.8 Å². The molecule has 0 fully saturated rings. The van der Waals surface area contributed by atoms with Crippen LogP contribution < -0.4 is 0 Å². The van der Waals surface area contributed by atoms with E-state index in [-0.39, 0.29) is 4.90 Å². The van der Waals surface area contributed by atoms with Crippen LogP contribution in [-0.4, -0.2) is 17.4 Å². The molecule has 0 aliphatic rings. The molecule has 4 rings (SSSR count). The summed E-state index contributed by atoms with van der Waals surface area (Å²) in [5, 5.41) is 2.32. The minimum absolute atomic E-state index is 0.248. The van der Waals surface area contributed by atoms with E-state index in [9.17, 15) is 8.42 Å². The second-order valence-corrected chi connectivity index (χ2v) is 7.80. The van der Waals surface area contributed by atoms with E-state index in [4.69, 9.17) is 11.6 Å². The molecule has 0 atom stereocenters. The number of hydrogen-bond acceptors (Lipinski definition) is 3. The molecule has 0 amide bonds. The fraction of sp³-hybridized carbons (Fsp3) is 0.0556. The molecule has 4 aromatic rings. The summed E-state index contributed by atoms with van der Waals surface area (Å²) in [5.74, 6) is 0. The molecule has 0 bridgehead atoms. The maximum Gasteiger partial charge on any atom is 0.268 e. The van der Waals surface area contributed by atoms with Crippen molar-refractivity contribution in [3.63, 3.8) is 0 Å². The van der Waals surface area contributed by atoms with Gasteiger partial charge in [-0.3, -0.25) is 4.98 Å². The molecule has 0 saturated heterocycles. The van der Waals surface area contributed by atoms with E-state index in [1.54, 1.807) is 61.7 Å². The zero-order chi connectivity index (χ0) is 16.9. The van der Waals surface area contributed by atoms with Crippen molar-refractivity contribution in [2.24, 2.45) is 0 Å². The highest BCUT2D eigenvalue weighted by molar-refractivity contribution is 7.90. The molecule has 0 N–H and O–H groups in total. The lowest BCUT2D eigenvalue weighted by molar-refractivity contribution is 0.589. The first-order chi connectivity index (χ1) is 11.5. The molecule has 0 radical (unpaired) electrons. The third-order valence-corrected chi connectivity index (χ3v) is 5.96. The highest BCUT2D eigenvalue weighted by Gasteiger charge is 2.21. The van der Waals surface area contributed by atoms with Gasteiger partial charge < -0.3 is 0 Å². The number of nitrogens with zero attached hydrogens (tertiary/aromatic N) is 2. The minimum atomic E-state index is -3.67. The smallest absolute Gasteiger partial charge is 0.251 e. The maximum absolute atomic E-state index is 13.0. The van der Waals surface area contributed by atoms with E-state index >= 15 is 0 Å². The number of rotatable bonds is 2. The highest BCUT2D eigenvalue weighted by Crippen LogP contribution is 2.31. The van der Waals surface area contributed by atoms with Crippen molar-refractivity contribution < 1.29 is 8.42 Å². The number of aromatic nitrogens is 2. The second kappa shape index (κ2) is 5.33. The summed E-state index contributed by atoms with van der Waals surface area (Å²) in [7, 11) is -3.67. The molecule has 6 heteroatoms. The van der Waals surface area contributed by atoms with Crippen molar-refractivity contribution in [1.82, 2.24) is 8.96 Å². The maximum atomic E-state index is 13.0. The monoisotopic (exact) mass is 356 g/mol. The summed E-state index contributed by atoms with van der Waals surface area (Å²) in [6.45, 7) is 1.81. The number of halogens is 1. The molecule has 120 valence electrons. The quantitative estimate of drug-likeness (QED) is 0.535. The summed E-state index contributed by atoms with van der Waals surface area (Å²) in [4.78, 5) is 4.78. The number of aryl methyl sites for hydroxylation is 1. The van der Waals surface area contributed by atoms with Gasteiger partial charge in [-0.15, -0.1) is 0 Å². The normalized spacial score (nSPS) is 12.1. The Labute approximate surface area is 144 Å². The number of fused-ring (bicyclic) bond motifs is 3. The standard InChI is InChI=1S/C18H13ClN2O2S/c1-12-18-16(15-8-7-13(19)11-17(15)20-12)9-10-21(18)24(22,23)14-5-3-2-4-6-14/h2-11H,1H3. The molecule has 0 aliphatic carbocycles. The first-order valence-electron chi connectivity index (χ1n) is 7.36. The number of benzene rings is 2. The van der Waals surface area contributed by atoms with Gasteiger partial charge in [-0.25, -0.2) is 12.4 Å². The predicted octanol–water partition coefficient (Wildman–Crippen LogP) is 4.39. The Kier molecular flexibility index (Phi) is 3.37. The summed E-state index contributed by atoms with van der Waals surface area (Å²) in [6.07, 6.45) is 1.58. The van der Waals surface area contributed by atoms with Crippen LogP contribution in [-0.2, 0) is 10.0 Å². The molecular formula is C18H13ClN2O2S. The van der Waals surface area contributed by atoms with Crippen LogP contribution in [0.1, 0.15) is 5.69 Å². The van der Waals surface area contributed by atoms with Crippen LogP contribution in [0.5, 0.6) is 0 Å². The van der Waals surface area contributed by atoms with Crippen LogP contribution in [0.4, 0.5) is 0 Å². The van der Waals surface area contributed by atoms with Crippen LogP contribution in [0, 0.1) is 6.92 Å². The predicted molar refractivity (Wildman–Crippen MR) is 96.0 cm³/mol. The van der Waals surface area contributed by atoms with E-state index in [0.29, 0.717) is 16.2 Å². The number of pyridine rings is 1. The zero-order valence-electron chi connectivity index (χ0n) is 12.8. The lowest BCUT2D eigenvalue weighted by Crippen LogP contribution is -2.12. The molecule has 0 unspecified atom stereocenters. The van der Waals surface area contributed by atoms with E-state index in [0.717, 1.165) is 16.3 Å². The largest absolute Gasteiger partial charge is 0.268 e. The Morgan fingerprint density at radius 1 is 1.00 bits per heavy atom. The van der Waals surface area contributed by atoms with Gasteiger partial charge in [-0.1, -0.05) is 35.9 Å². The molecule has 0 saturated carbocycles. The van der Waals surface area contributed by atoms with Gasteiger partial charge in [-0.05, 0) is 37.3 Å². The average molecular weight is 357 g/mol. The number of hydrogen-bond donors (Lipinski definition) is 0. The molecule has 4 nitrogen and oxygen atoms in total. The van der Waals surface area contributed by atoms with Gasteiger partial charge in [0.25, 0.3) is 10.0 Å². The van der Waals surface area contributed by atoms with Gasteiger partial charge in [-0.2, -0.15) is 0 Å². The summed E-state index contributed by atoms with van der Waals surface area (Å²) in [5.41, 5.74) is 1.99. The first kappa shape index (κ1) is 15.2.